The van der Waals surface area contributed by atoms with Crippen molar-refractivity contribution < 1.29 is 9.21 Å². The summed E-state index contributed by atoms with van der Waals surface area (Å²) in [7, 11) is 0. The number of H-pyrrole nitrogens is 1. The number of piperidine rings is 1. The molecule has 3 aromatic rings. The van der Waals surface area contributed by atoms with E-state index < -0.39 is 0 Å². The van der Waals surface area contributed by atoms with Crippen LogP contribution in [0.15, 0.2) is 47.1 Å². The number of aromatic amines is 1. The van der Waals surface area contributed by atoms with Crippen molar-refractivity contribution in [2.45, 2.75) is 18.6 Å². The van der Waals surface area contributed by atoms with Crippen LogP contribution in [-0.2, 0) is 10.5 Å². The van der Waals surface area contributed by atoms with Gasteiger partial charge in [-0.1, -0.05) is 12.1 Å². The Kier molecular flexibility index (Phi) is 5.67. The molecular weight excluding hydrogens is 360 g/mol. The van der Waals surface area contributed by atoms with E-state index in [-0.39, 0.29) is 11.8 Å². The van der Waals surface area contributed by atoms with Gasteiger partial charge in [-0.2, -0.15) is 11.8 Å². The zero-order chi connectivity index (χ0) is 18.5. The standard InChI is InChI=1S/C20H24N4O2S/c25-19(21-9-12-27-14-16-6-4-11-26-16)15-5-3-10-24(13-15)20-22-17-7-1-2-8-18(17)23-20/h1-2,4,6-8,11,15H,3,5,9-10,12-14H2,(H,21,25)(H,22,23)/t15-/m1/s1. The first-order chi connectivity index (χ1) is 13.3. The van der Waals surface area contributed by atoms with E-state index in [1.807, 2.05) is 36.4 Å². The number of rotatable bonds is 7. The first-order valence-electron chi connectivity index (χ1n) is 9.37. The number of carbonyl (C=O) groups excluding carboxylic acids is 1. The second-order valence-corrected chi connectivity index (χ2v) is 7.89. The molecule has 2 aromatic heterocycles. The Labute approximate surface area is 162 Å². The molecule has 0 bridgehead atoms. The number of amides is 1. The maximum Gasteiger partial charge on any atom is 0.224 e. The van der Waals surface area contributed by atoms with Crippen molar-refractivity contribution in [1.82, 2.24) is 15.3 Å². The highest BCUT2D eigenvalue weighted by Crippen LogP contribution is 2.23. The minimum absolute atomic E-state index is 0.0158. The van der Waals surface area contributed by atoms with Gasteiger partial charge in [-0.25, -0.2) is 4.98 Å². The Bertz CT molecular complexity index is 844. The number of imidazole rings is 1. The van der Waals surface area contributed by atoms with E-state index >= 15 is 0 Å². The summed E-state index contributed by atoms with van der Waals surface area (Å²) in [5.74, 6) is 3.72. The number of benzene rings is 1. The quantitative estimate of drug-likeness (QED) is 0.611. The second-order valence-electron chi connectivity index (χ2n) is 6.79. The van der Waals surface area contributed by atoms with Crippen LogP contribution in [-0.4, -0.2) is 41.3 Å². The predicted molar refractivity (Wildman–Crippen MR) is 109 cm³/mol. The van der Waals surface area contributed by atoms with Gasteiger partial charge in [0.2, 0.25) is 11.9 Å². The van der Waals surface area contributed by atoms with Crippen molar-refractivity contribution in [3.05, 3.63) is 48.4 Å². The van der Waals surface area contributed by atoms with Gasteiger partial charge in [-0.05, 0) is 37.1 Å². The molecule has 0 radical (unpaired) electrons. The monoisotopic (exact) mass is 384 g/mol. The minimum Gasteiger partial charge on any atom is -0.468 e. The lowest BCUT2D eigenvalue weighted by atomic mass is 9.97. The van der Waals surface area contributed by atoms with Gasteiger partial charge in [0.15, 0.2) is 0 Å². The zero-order valence-corrected chi connectivity index (χ0v) is 16.0. The number of thioether (sulfide) groups is 1. The fourth-order valence-corrected chi connectivity index (χ4v) is 4.19. The number of fused-ring (bicyclic) bond motifs is 1. The first kappa shape index (κ1) is 18.0. The number of nitrogens with zero attached hydrogens (tertiary/aromatic N) is 2. The maximum absolute atomic E-state index is 12.5. The third-order valence-corrected chi connectivity index (χ3v) is 5.82. The largest absolute Gasteiger partial charge is 0.468 e. The van der Waals surface area contributed by atoms with Crippen molar-refractivity contribution >= 4 is 34.7 Å². The van der Waals surface area contributed by atoms with Gasteiger partial charge in [0.1, 0.15) is 5.76 Å². The van der Waals surface area contributed by atoms with E-state index in [1.54, 1.807) is 18.0 Å². The molecule has 7 heteroatoms. The number of hydrogen-bond donors (Lipinski definition) is 2. The van der Waals surface area contributed by atoms with Crippen LogP contribution >= 0.6 is 11.8 Å². The summed E-state index contributed by atoms with van der Waals surface area (Å²) < 4.78 is 5.31. The molecular formula is C20H24N4O2S. The Hall–Kier alpha value is -2.41. The topological polar surface area (TPSA) is 74.2 Å². The molecule has 1 saturated heterocycles. The summed E-state index contributed by atoms with van der Waals surface area (Å²) in [4.78, 5) is 22.8. The molecule has 142 valence electrons. The Balaban J connectivity index is 1.25. The van der Waals surface area contributed by atoms with Gasteiger partial charge in [0, 0.05) is 25.4 Å². The summed E-state index contributed by atoms with van der Waals surface area (Å²) in [6.07, 6.45) is 3.62. The van der Waals surface area contributed by atoms with Crippen LogP contribution < -0.4 is 10.2 Å². The Morgan fingerprint density at radius 1 is 1.33 bits per heavy atom. The summed E-state index contributed by atoms with van der Waals surface area (Å²) in [5, 5.41) is 3.08. The molecule has 1 amide bonds. The summed E-state index contributed by atoms with van der Waals surface area (Å²) in [6, 6.07) is 11.9. The normalized spacial score (nSPS) is 17.3. The summed E-state index contributed by atoms with van der Waals surface area (Å²) in [6.45, 7) is 2.33. The number of nitrogens with one attached hydrogen (secondary N) is 2. The van der Waals surface area contributed by atoms with Crippen LogP contribution in [0.1, 0.15) is 18.6 Å². The molecule has 1 aliphatic rings. The van der Waals surface area contributed by atoms with Crippen molar-refractivity contribution in [1.29, 1.82) is 0 Å². The molecule has 2 N–H and O–H groups in total. The smallest absolute Gasteiger partial charge is 0.224 e. The van der Waals surface area contributed by atoms with Crippen molar-refractivity contribution in [3.8, 4) is 0 Å². The van der Waals surface area contributed by atoms with Gasteiger partial charge in [-0.15, -0.1) is 0 Å². The average molecular weight is 385 g/mol. The predicted octanol–water partition coefficient (Wildman–Crippen LogP) is 3.42. The van der Waals surface area contributed by atoms with E-state index in [4.69, 9.17) is 4.42 Å². The molecule has 1 aliphatic heterocycles. The van der Waals surface area contributed by atoms with Crippen molar-refractivity contribution in [2.24, 2.45) is 5.92 Å². The fourth-order valence-electron chi connectivity index (χ4n) is 3.43. The van der Waals surface area contributed by atoms with Gasteiger partial charge >= 0.3 is 0 Å². The second kappa shape index (κ2) is 8.52. The van der Waals surface area contributed by atoms with Crippen LogP contribution in [0.25, 0.3) is 11.0 Å². The fraction of sp³-hybridized carbons (Fsp3) is 0.400. The SMILES string of the molecule is O=C(NCCSCc1ccco1)[C@@H]1CCCN(c2nc3ccccc3[nH]2)C1. The number of furan rings is 1. The van der Waals surface area contributed by atoms with E-state index in [1.165, 1.54) is 0 Å². The highest BCUT2D eigenvalue weighted by atomic mass is 32.2. The number of hydrogen-bond acceptors (Lipinski definition) is 5. The van der Waals surface area contributed by atoms with Gasteiger partial charge in [0.25, 0.3) is 0 Å². The third kappa shape index (κ3) is 4.47. The molecule has 4 rings (SSSR count). The lowest BCUT2D eigenvalue weighted by molar-refractivity contribution is -0.125. The van der Waals surface area contributed by atoms with E-state index in [0.29, 0.717) is 13.1 Å². The summed E-state index contributed by atoms with van der Waals surface area (Å²) >= 11 is 1.77. The Morgan fingerprint density at radius 3 is 3.11 bits per heavy atom. The molecule has 6 nitrogen and oxygen atoms in total. The highest BCUT2D eigenvalue weighted by molar-refractivity contribution is 7.98. The molecule has 0 saturated carbocycles. The zero-order valence-electron chi connectivity index (χ0n) is 15.2. The summed E-state index contributed by atoms with van der Waals surface area (Å²) in [5.41, 5.74) is 2.00. The van der Waals surface area contributed by atoms with Crippen LogP contribution in [0.5, 0.6) is 0 Å². The highest BCUT2D eigenvalue weighted by Gasteiger charge is 2.27. The lowest BCUT2D eigenvalue weighted by Gasteiger charge is -2.31. The molecule has 1 aromatic carbocycles. The minimum atomic E-state index is 0.0158. The van der Waals surface area contributed by atoms with Gasteiger partial charge in [0.05, 0.1) is 29.0 Å². The van der Waals surface area contributed by atoms with E-state index in [0.717, 1.165) is 53.6 Å². The number of aromatic nitrogens is 2. The van der Waals surface area contributed by atoms with Crippen molar-refractivity contribution in [2.75, 3.05) is 30.3 Å². The van der Waals surface area contributed by atoms with Crippen LogP contribution in [0, 0.1) is 5.92 Å². The number of carbonyl (C=O) groups is 1. The molecule has 0 unspecified atom stereocenters. The molecule has 1 fully saturated rings. The maximum atomic E-state index is 12.5. The van der Waals surface area contributed by atoms with Gasteiger partial charge in [-0.3, -0.25) is 4.79 Å². The molecule has 0 aliphatic carbocycles. The molecule has 1 atom stereocenters. The number of anilines is 1. The molecule has 27 heavy (non-hydrogen) atoms. The van der Waals surface area contributed by atoms with Crippen molar-refractivity contribution in [3.63, 3.8) is 0 Å². The first-order valence-corrected chi connectivity index (χ1v) is 10.5. The van der Waals surface area contributed by atoms with Gasteiger partial charge < -0.3 is 19.6 Å². The van der Waals surface area contributed by atoms with Crippen LogP contribution in [0.4, 0.5) is 5.95 Å². The lowest BCUT2D eigenvalue weighted by Crippen LogP contribution is -2.44. The van der Waals surface area contributed by atoms with E-state index in [2.05, 4.69) is 20.2 Å². The average Bonchev–Trinajstić information content (AvgIpc) is 3.37. The molecule has 3 heterocycles. The van der Waals surface area contributed by atoms with E-state index in [9.17, 15) is 4.79 Å². The number of para-hydroxylation sites is 2. The molecule has 0 spiro atoms. The van der Waals surface area contributed by atoms with Crippen LogP contribution in [0.2, 0.25) is 0 Å². The Morgan fingerprint density at radius 2 is 2.26 bits per heavy atom. The third-order valence-electron chi connectivity index (χ3n) is 4.84. The van der Waals surface area contributed by atoms with Crippen LogP contribution in [0.3, 0.4) is 0 Å².